The number of piperidine rings is 1. The summed E-state index contributed by atoms with van der Waals surface area (Å²) in [6.07, 6.45) is 2.02. The average molecular weight is 294 g/mol. The zero-order valence-corrected chi connectivity index (χ0v) is 13.0. The van der Waals surface area contributed by atoms with Crippen LogP contribution in [0.3, 0.4) is 0 Å². The Kier molecular flexibility index (Phi) is 3.84. The number of amides is 1. The fourth-order valence-corrected chi connectivity index (χ4v) is 3.95. The van der Waals surface area contributed by atoms with E-state index in [9.17, 15) is 4.79 Å². The molecule has 2 fully saturated rings. The van der Waals surface area contributed by atoms with Crippen LogP contribution in [0, 0.1) is 0 Å². The molecular weight excluding hydrogens is 272 g/mol. The number of carbonyl (C=O) groups is 1. The van der Waals surface area contributed by atoms with Crippen molar-refractivity contribution >= 4 is 17.2 Å². The van der Waals surface area contributed by atoms with E-state index >= 15 is 0 Å². The number of hydrogen-bond donors (Lipinski definition) is 0. The van der Waals surface area contributed by atoms with E-state index in [0.717, 1.165) is 32.5 Å². The summed E-state index contributed by atoms with van der Waals surface area (Å²) in [4.78, 5) is 16.0. The third-order valence-electron chi connectivity index (χ3n) is 4.91. The van der Waals surface area contributed by atoms with E-state index in [4.69, 9.17) is 4.74 Å². The summed E-state index contributed by atoms with van der Waals surface area (Å²) in [7, 11) is 1.90. The van der Waals surface area contributed by atoms with Crippen LogP contribution in [0.2, 0.25) is 0 Å². The minimum atomic E-state index is -0.131. The third-order valence-corrected chi connectivity index (χ3v) is 5.64. The van der Waals surface area contributed by atoms with Gasteiger partial charge in [-0.3, -0.25) is 9.69 Å². The van der Waals surface area contributed by atoms with Crippen molar-refractivity contribution in [2.75, 3.05) is 26.7 Å². The minimum absolute atomic E-state index is 0.101. The molecule has 0 aromatic carbocycles. The zero-order chi connectivity index (χ0) is 14.2. The van der Waals surface area contributed by atoms with Gasteiger partial charge in [0.25, 0.3) is 0 Å². The van der Waals surface area contributed by atoms with Crippen molar-refractivity contribution in [3.8, 4) is 0 Å². The Balaban J connectivity index is 1.61. The highest BCUT2D eigenvalue weighted by molar-refractivity contribution is 7.07. The zero-order valence-electron chi connectivity index (χ0n) is 12.2. The van der Waals surface area contributed by atoms with Crippen molar-refractivity contribution in [2.45, 2.75) is 38.0 Å². The number of morpholine rings is 1. The van der Waals surface area contributed by atoms with Gasteiger partial charge in [0.15, 0.2) is 0 Å². The van der Waals surface area contributed by atoms with Gasteiger partial charge >= 0.3 is 0 Å². The van der Waals surface area contributed by atoms with Crippen molar-refractivity contribution < 1.29 is 9.53 Å². The van der Waals surface area contributed by atoms with Gasteiger partial charge in [0, 0.05) is 26.7 Å². The predicted octanol–water partition coefficient (Wildman–Crippen LogP) is 1.96. The van der Waals surface area contributed by atoms with Crippen LogP contribution < -0.4 is 0 Å². The summed E-state index contributed by atoms with van der Waals surface area (Å²) in [5.74, 6) is 0.101. The van der Waals surface area contributed by atoms with E-state index in [0.29, 0.717) is 0 Å². The van der Waals surface area contributed by atoms with Gasteiger partial charge in [-0.25, -0.2) is 0 Å². The molecule has 1 unspecified atom stereocenters. The molecule has 3 rings (SSSR count). The number of likely N-dealkylation sites (tertiary alicyclic amines) is 1. The molecule has 4 nitrogen and oxygen atoms in total. The van der Waals surface area contributed by atoms with E-state index in [1.165, 1.54) is 5.56 Å². The summed E-state index contributed by atoms with van der Waals surface area (Å²) >= 11 is 1.76. The molecule has 1 aromatic heterocycles. The van der Waals surface area contributed by atoms with Crippen molar-refractivity contribution in [3.05, 3.63) is 22.4 Å². The Morgan fingerprint density at radius 2 is 2.20 bits per heavy atom. The van der Waals surface area contributed by atoms with Gasteiger partial charge in [0.2, 0.25) is 5.91 Å². The molecule has 0 bridgehead atoms. The van der Waals surface area contributed by atoms with Crippen LogP contribution in [0.1, 0.15) is 25.3 Å². The van der Waals surface area contributed by atoms with Crippen molar-refractivity contribution in [1.29, 1.82) is 0 Å². The summed E-state index contributed by atoms with van der Waals surface area (Å²) < 4.78 is 5.97. The minimum Gasteiger partial charge on any atom is -0.363 e. The lowest BCUT2D eigenvalue weighted by Gasteiger charge is -2.50. The van der Waals surface area contributed by atoms with Crippen LogP contribution in [-0.2, 0) is 16.1 Å². The second-order valence-electron chi connectivity index (χ2n) is 5.94. The van der Waals surface area contributed by atoms with E-state index in [1.54, 1.807) is 11.3 Å². The van der Waals surface area contributed by atoms with Crippen molar-refractivity contribution in [2.24, 2.45) is 0 Å². The predicted molar refractivity (Wildman–Crippen MR) is 79.7 cm³/mol. The van der Waals surface area contributed by atoms with Crippen LogP contribution in [0.4, 0.5) is 0 Å². The number of ether oxygens (including phenoxy) is 1. The summed E-state index contributed by atoms with van der Waals surface area (Å²) in [5, 5.41) is 4.35. The highest BCUT2D eigenvalue weighted by Gasteiger charge is 2.46. The maximum Gasteiger partial charge on any atom is 0.248 e. The lowest BCUT2D eigenvalue weighted by atomic mass is 9.83. The molecule has 0 aliphatic carbocycles. The molecule has 2 aliphatic rings. The Morgan fingerprint density at radius 3 is 2.85 bits per heavy atom. The standard InChI is InChI=1S/C15H22N2O2S/c1-12-15(19-10-14(18)16(12)2)4-6-17(7-5-15)9-13-3-8-20-11-13/h3,8,11-12H,4-7,9-10H2,1-2H3. The molecule has 0 radical (unpaired) electrons. The van der Waals surface area contributed by atoms with Crippen LogP contribution in [-0.4, -0.2) is 54.1 Å². The van der Waals surface area contributed by atoms with Gasteiger partial charge in [-0.15, -0.1) is 0 Å². The summed E-state index contributed by atoms with van der Waals surface area (Å²) in [6.45, 7) is 5.48. The Morgan fingerprint density at radius 1 is 1.45 bits per heavy atom. The number of nitrogens with zero attached hydrogens (tertiary/aromatic N) is 2. The Bertz CT molecular complexity index is 466. The molecule has 1 atom stereocenters. The average Bonchev–Trinajstić information content (AvgIpc) is 2.96. The van der Waals surface area contributed by atoms with Gasteiger partial charge in [-0.2, -0.15) is 11.3 Å². The van der Waals surface area contributed by atoms with Crippen molar-refractivity contribution in [3.63, 3.8) is 0 Å². The van der Waals surface area contributed by atoms with Crippen LogP contribution in [0.15, 0.2) is 16.8 Å². The van der Waals surface area contributed by atoms with Gasteiger partial charge in [0.05, 0.1) is 11.6 Å². The normalized spacial score (nSPS) is 27.2. The van der Waals surface area contributed by atoms with E-state index in [-0.39, 0.29) is 24.2 Å². The van der Waals surface area contributed by atoms with Gasteiger partial charge in [-0.05, 0) is 42.2 Å². The molecule has 2 saturated heterocycles. The Hall–Kier alpha value is -0.910. The number of likely N-dealkylation sites (N-methyl/N-ethyl adjacent to an activating group) is 1. The largest absolute Gasteiger partial charge is 0.363 e. The topological polar surface area (TPSA) is 32.8 Å². The van der Waals surface area contributed by atoms with Crippen LogP contribution >= 0.6 is 11.3 Å². The number of hydrogen-bond acceptors (Lipinski definition) is 4. The smallest absolute Gasteiger partial charge is 0.248 e. The first-order chi connectivity index (χ1) is 9.61. The van der Waals surface area contributed by atoms with Crippen molar-refractivity contribution in [1.82, 2.24) is 9.80 Å². The fraction of sp³-hybridized carbons (Fsp3) is 0.667. The molecule has 20 heavy (non-hydrogen) atoms. The second kappa shape index (κ2) is 5.47. The van der Waals surface area contributed by atoms with Crippen LogP contribution in [0.5, 0.6) is 0 Å². The first-order valence-corrected chi connectivity index (χ1v) is 8.18. The highest BCUT2D eigenvalue weighted by Crippen LogP contribution is 2.35. The molecule has 1 amide bonds. The van der Waals surface area contributed by atoms with Gasteiger partial charge < -0.3 is 9.64 Å². The second-order valence-corrected chi connectivity index (χ2v) is 6.72. The highest BCUT2D eigenvalue weighted by atomic mass is 32.1. The fourth-order valence-electron chi connectivity index (χ4n) is 3.29. The van der Waals surface area contributed by atoms with E-state index < -0.39 is 0 Å². The molecule has 0 saturated carbocycles. The number of rotatable bonds is 2. The molecule has 1 spiro atoms. The first-order valence-electron chi connectivity index (χ1n) is 7.24. The van der Waals surface area contributed by atoms with Gasteiger partial charge in [0.1, 0.15) is 6.61 Å². The SMILES string of the molecule is CC1N(C)C(=O)COC12CCN(Cc1ccsc1)CC2. The quantitative estimate of drug-likeness (QED) is 0.836. The van der Waals surface area contributed by atoms with E-state index in [2.05, 4.69) is 28.7 Å². The molecule has 5 heteroatoms. The number of thiophene rings is 1. The molecule has 1 aromatic rings. The maximum absolute atomic E-state index is 11.7. The molecule has 110 valence electrons. The molecule has 3 heterocycles. The molecule has 2 aliphatic heterocycles. The van der Waals surface area contributed by atoms with Crippen LogP contribution in [0.25, 0.3) is 0 Å². The third kappa shape index (κ3) is 2.50. The van der Waals surface area contributed by atoms with Gasteiger partial charge in [-0.1, -0.05) is 0 Å². The monoisotopic (exact) mass is 294 g/mol. The number of carbonyl (C=O) groups excluding carboxylic acids is 1. The summed E-state index contributed by atoms with van der Waals surface area (Å²) in [6, 6.07) is 2.37. The lowest BCUT2D eigenvalue weighted by Crippen LogP contribution is -2.62. The summed E-state index contributed by atoms with van der Waals surface area (Å²) in [5.41, 5.74) is 1.27. The van der Waals surface area contributed by atoms with E-state index in [1.807, 2.05) is 11.9 Å². The molecular formula is C15H22N2O2S. The Labute approximate surface area is 124 Å². The maximum atomic E-state index is 11.7. The first kappa shape index (κ1) is 14.0. The molecule has 0 N–H and O–H groups in total. The lowest BCUT2D eigenvalue weighted by molar-refractivity contribution is -0.183.